The number of amides is 1. The lowest BCUT2D eigenvalue weighted by Gasteiger charge is -2.02. The zero-order chi connectivity index (χ0) is 8.55. The normalized spacial score (nSPS) is 13.7. The van der Waals surface area contributed by atoms with Crippen molar-refractivity contribution in [2.45, 2.75) is 6.42 Å². The molecule has 2 rings (SSSR count). The second kappa shape index (κ2) is 2.48. The van der Waals surface area contributed by atoms with Crippen LogP contribution in [0, 0.1) is 0 Å². The average molecular weight is 164 g/mol. The molecule has 2 N–H and O–H groups in total. The SMILES string of the molecule is NC(=O)c1cncc2c1OCC2. The number of primary amides is 1. The number of nitrogens with zero attached hydrogens (tertiary/aromatic N) is 1. The lowest BCUT2D eigenvalue weighted by molar-refractivity contribution is 0.0997. The molecule has 0 spiro atoms. The van der Waals surface area contributed by atoms with Crippen molar-refractivity contribution in [1.82, 2.24) is 4.98 Å². The molecule has 0 aromatic carbocycles. The number of pyridine rings is 1. The van der Waals surface area contributed by atoms with Crippen LogP contribution in [-0.4, -0.2) is 17.5 Å². The number of carbonyl (C=O) groups excluding carboxylic acids is 1. The summed E-state index contributed by atoms with van der Waals surface area (Å²) in [5.74, 6) is 0.124. The van der Waals surface area contributed by atoms with Crippen molar-refractivity contribution in [3.05, 3.63) is 23.5 Å². The standard InChI is InChI=1S/C8H8N2O2/c9-8(11)6-4-10-3-5-1-2-12-7(5)6/h3-4H,1-2H2,(H2,9,11). The van der Waals surface area contributed by atoms with Gasteiger partial charge in [-0.3, -0.25) is 9.78 Å². The fourth-order valence-electron chi connectivity index (χ4n) is 1.28. The van der Waals surface area contributed by atoms with Crippen LogP contribution in [0.2, 0.25) is 0 Å². The van der Waals surface area contributed by atoms with Gasteiger partial charge < -0.3 is 10.5 Å². The molecule has 0 saturated carbocycles. The second-order valence-corrected chi connectivity index (χ2v) is 2.64. The van der Waals surface area contributed by atoms with Gasteiger partial charge in [0, 0.05) is 24.4 Å². The molecule has 0 aliphatic carbocycles. The molecule has 62 valence electrons. The van der Waals surface area contributed by atoms with Crippen molar-refractivity contribution in [1.29, 1.82) is 0 Å². The zero-order valence-corrected chi connectivity index (χ0v) is 6.41. The molecule has 1 aromatic rings. The van der Waals surface area contributed by atoms with Gasteiger partial charge in [0.2, 0.25) is 0 Å². The van der Waals surface area contributed by atoms with Gasteiger partial charge in [-0.15, -0.1) is 0 Å². The third-order valence-corrected chi connectivity index (χ3v) is 1.85. The Balaban J connectivity index is 2.56. The molecule has 0 saturated heterocycles. The van der Waals surface area contributed by atoms with Crippen LogP contribution in [0.3, 0.4) is 0 Å². The molecule has 4 heteroatoms. The highest BCUT2D eigenvalue weighted by Gasteiger charge is 2.19. The van der Waals surface area contributed by atoms with Crippen molar-refractivity contribution < 1.29 is 9.53 Å². The van der Waals surface area contributed by atoms with Crippen LogP contribution >= 0.6 is 0 Å². The average Bonchev–Trinajstić information content (AvgIpc) is 2.49. The minimum absolute atomic E-state index is 0.380. The highest BCUT2D eigenvalue weighted by atomic mass is 16.5. The molecule has 2 heterocycles. The van der Waals surface area contributed by atoms with E-state index in [-0.39, 0.29) is 0 Å². The van der Waals surface area contributed by atoms with Crippen LogP contribution in [0.4, 0.5) is 0 Å². The third-order valence-electron chi connectivity index (χ3n) is 1.85. The summed E-state index contributed by atoms with van der Waals surface area (Å²) in [4.78, 5) is 14.8. The van der Waals surface area contributed by atoms with Gasteiger partial charge >= 0.3 is 0 Å². The lowest BCUT2D eigenvalue weighted by Crippen LogP contribution is -2.12. The minimum atomic E-state index is -0.485. The number of hydrogen-bond donors (Lipinski definition) is 1. The molecule has 0 bridgehead atoms. The van der Waals surface area contributed by atoms with Gasteiger partial charge in [0.25, 0.3) is 5.91 Å². The monoisotopic (exact) mass is 164 g/mol. The molecule has 1 aliphatic rings. The van der Waals surface area contributed by atoms with Gasteiger partial charge in [-0.2, -0.15) is 0 Å². The maximum absolute atomic E-state index is 10.9. The van der Waals surface area contributed by atoms with Gasteiger partial charge in [-0.05, 0) is 0 Å². The van der Waals surface area contributed by atoms with Crippen LogP contribution in [0.25, 0.3) is 0 Å². The maximum atomic E-state index is 10.9. The molecular weight excluding hydrogens is 156 g/mol. The number of carbonyl (C=O) groups is 1. The molecule has 12 heavy (non-hydrogen) atoms. The van der Waals surface area contributed by atoms with Gasteiger partial charge in [0.1, 0.15) is 5.75 Å². The summed E-state index contributed by atoms with van der Waals surface area (Å²) in [5, 5.41) is 0. The first-order chi connectivity index (χ1) is 5.79. The van der Waals surface area contributed by atoms with Gasteiger partial charge in [-0.1, -0.05) is 0 Å². The van der Waals surface area contributed by atoms with E-state index < -0.39 is 5.91 Å². The largest absolute Gasteiger partial charge is 0.492 e. The van der Waals surface area contributed by atoms with Crippen molar-refractivity contribution in [3.63, 3.8) is 0 Å². The summed E-state index contributed by atoms with van der Waals surface area (Å²) in [6.45, 7) is 0.612. The van der Waals surface area contributed by atoms with Crippen LogP contribution in [0.15, 0.2) is 12.4 Å². The van der Waals surface area contributed by atoms with Crippen LogP contribution in [-0.2, 0) is 6.42 Å². The van der Waals surface area contributed by atoms with E-state index >= 15 is 0 Å². The Labute approximate surface area is 69.4 Å². The maximum Gasteiger partial charge on any atom is 0.254 e. The molecule has 4 nitrogen and oxygen atoms in total. The van der Waals surface area contributed by atoms with E-state index in [4.69, 9.17) is 10.5 Å². The van der Waals surface area contributed by atoms with Gasteiger partial charge in [0.15, 0.2) is 0 Å². The highest BCUT2D eigenvalue weighted by molar-refractivity contribution is 5.95. The first kappa shape index (κ1) is 7.09. The van der Waals surface area contributed by atoms with E-state index in [9.17, 15) is 4.79 Å². The topological polar surface area (TPSA) is 65.2 Å². The van der Waals surface area contributed by atoms with E-state index in [1.165, 1.54) is 6.20 Å². The molecule has 0 radical (unpaired) electrons. The van der Waals surface area contributed by atoms with Crippen molar-refractivity contribution in [2.24, 2.45) is 5.73 Å². The molecule has 1 amide bonds. The van der Waals surface area contributed by atoms with E-state index in [0.29, 0.717) is 17.9 Å². The summed E-state index contributed by atoms with van der Waals surface area (Å²) in [6.07, 6.45) is 3.95. The first-order valence-corrected chi connectivity index (χ1v) is 3.68. The van der Waals surface area contributed by atoms with E-state index in [1.807, 2.05) is 0 Å². The quantitative estimate of drug-likeness (QED) is 0.640. The van der Waals surface area contributed by atoms with Crippen molar-refractivity contribution in [2.75, 3.05) is 6.61 Å². The fourth-order valence-corrected chi connectivity index (χ4v) is 1.28. The van der Waals surface area contributed by atoms with Crippen LogP contribution in [0.5, 0.6) is 5.75 Å². The Kier molecular flexibility index (Phi) is 1.46. The first-order valence-electron chi connectivity index (χ1n) is 3.68. The third kappa shape index (κ3) is 0.922. The smallest absolute Gasteiger partial charge is 0.254 e. The number of hydrogen-bond acceptors (Lipinski definition) is 3. The van der Waals surface area contributed by atoms with Crippen LogP contribution in [0.1, 0.15) is 15.9 Å². The molecule has 0 fully saturated rings. The summed E-state index contributed by atoms with van der Waals surface area (Å²) >= 11 is 0. The summed E-state index contributed by atoms with van der Waals surface area (Å²) in [5.41, 5.74) is 6.47. The Hall–Kier alpha value is -1.58. The van der Waals surface area contributed by atoms with Gasteiger partial charge in [-0.25, -0.2) is 0 Å². The zero-order valence-electron chi connectivity index (χ0n) is 6.41. The molecule has 1 aliphatic heterocycles. The Morgan fingerprint density at radius 2 is 2.42 bits per heavy atom. The van der Waals surface area contributed by atoms with Crippen LogP contribution < -0.4 is 10.5 Å². The number of ether oxygens (including phenoxy) is 1. The molecule has 0 unspecified atom stereocenters. The van der Waals surface area contributed by atoms with Crippen molar-refractivity contribution >= 4 is 5.91 Å². The minimum Gasteiger partial charge on any atom is -0.492 e. The second-order valence-electron chi connectivity index (χ2n) is 2.64. The summed E-state index contributed by atoms with van der Waals surface area (Å²) in [7, 11) is 0. The van der Waals surface area contributed by atoms with E-state index in [0.717, 1.165) is 12.0 Å². The number of nitrogens with two attached hydrogens (primary N) is 1. The highest BCUT2D eigenvalue weighted by Crippen LogP contribution is 2.27. The number of aromatic nitrogens is 1. The Morgan fingerprint density at radius 1 is 1.58 bits per heavy atom. The fraction of sp³-hybridized carbons (Fsp3) is 0.250. The summed E-state index contributed by atoms with van der Waals surface area (Å²) in [6, 6.07) is 0. The van der Waals surface area contributed by atoms with E-state index in [2.05, 4.69) is 4.98 Å². The molecular formula is C8H8N2O2. The molecule has 1 aromatic heterocycles. The molecule has 0 atom stereocenters. The predicted molar refractivity (Wildman–Crippen MR) is 42.0 cm³/mol. The lowest BCUT2D eigenvalue weighted by atomic mass is 10.1. The van der Waals surface area contributed by atoms with Gasteiger partial charge in [0.05, 0.1) is 12.2 Å². The number of fused-ring (bicyclic) bond motifs is 1. The predicted octanol–water partition coefficient (Wildman–Crippen LogP) is 0.115. The summed E-state index contributed by atoms with van der Waals surface area (Å²) < 4.78 is 5.25. The Morgan fingerprint density at radius 3 is 3.17 bits per heavy atom. The Bertz CT molecular complexity index is 336. The van der Waals surface area contributed by atoms with Crippen molar-refractivity contribution in [3.8, 4) is 5.75 Å². The number of rotatable bonds is 1. The van der Waals surface area contributed by atoms with E-state index in [1.54, 1.807) is 6.20 Å².